The van der Waals surface area contributed by atoms with Crippen LogP contribution in [0.25, 0.3) is 0 Å². The number of nitrogens with zero attached hydrogens (tertiary/aromatic N) is 1. The van der Waals surface area contributed by atoms with E-state index in [1.54, 1.807) is 4.90 Å². The van der Waals surface area contributed by atoms with Crippen LogP contribution < -0.4 is 0 Å². The van der Waals surface area contributed by atoms with Crippen LogP contribution in [0.15, 0.2) is 0 Å². The number of carbonyl (C=O) groups excluding carboxylic acids is 1. The molecule has 1 amide bonds. The zero-order valence-corrected chi connectivity index (χ0v) is 10.6. The van der Waals surface area contributed by atoms with Crippen molar-refractivity contribution in [3.05, 3.63) is 0 Å². The molecule has 3 heteroatoms. The molecule has 16 heavy (non-hydrogen) atoms. The van der Waals surface area contributed by atoms with Crippen LogP contribution >= 0.6 is 0 Å². The third kappa shape index (κ3) is 2.50. The number of fused-ring (bicyclic) bond motifs is 2. The standard InChI is InChI=1S/C13H23NO2/c1-9(2)16-13(15)14(3)8-12-7-10-4-5-11(12)6-10/h9-12H,4-8H2,1-3H3. The maximum Gasteiger partial charge on any atom is 0.409 e. The van der Waals surface area contributed by atoms with E-state index in [9.17, 15) is 4.79 Å². The average molecular weight is 225 g/mol. The minimum atomic E-state index is -0.169. The van der Waals surface area contributed by atoms with Gasteiger partial charge in [-0.15, -0.1) is 0 Å². The Morgan fingerprint density at radius 2 is 2.12 bits per heavy atom. The van der Waals surface area contributed by atoms with Crippen LogP contribution in [0.3, 0.4) is 0 Å². The lowest BCUT2D eigenvalue weighted by Gasteiger charge is -2.27. The molecule has 0 heterocycles. The summed E-state index contributed by atoms with van der Waals surface area (Å²) >= 11 is 0. The lowest BCUT2D eigenvalue weighted by molar-refractivity contribution is 0.0765. The maximum absolute atomic E-state index is 11.7. The lowest BCUT2D eigenvalue weighted by Crippen LogP contribution is -2.35. The van der Waals surface area contributed by atoms with Crippen molar-refractivity contribution < 1.29 is 9.53 Å². The van der Waals surface area contributed by atoms with Crippen LogP contribution in [-0.2, 0) is 4.74 Å². The number of ether oxygens (including phenoxy) is 1. The predicted octanol–water partition coefficient (Wildman–Crippen LogP) is 2.90. The highest BCUT2D eigenvalue weighted by atomic mass is 16.6. The molecule has 0 N–H and O–H groups in total. The van der Waals surface area contributed by atoms with Crippen molar-refractivity contribution in [1.29, 1.82) is 0 Å². The van der Waals surface area contributed by atoms with Crippen molar-refractivity contribution >= 4 is 6.09 Å². The Morgan fingerprint density at radius 3 is 2.62 bits per heavy atom. The zero-order chi connectivity index (χ0) is 11.7. The largest absolute Gasteiger partial charge is 0.447 e. The summed E-state index contributed by atoms with van der Waals surface area (Å²) in [4.78, 5) is 13.4. The number of hydrogen-bond donors (Lipinski definition) is 0. The summed E-state index contributed by atoms with van der Waals surface area (Å²) in [6, 6.07) is 0. The second-order valence-electron chi connectivity index (χ2n) is 5.75. The van der Waals surface area contributed by atoms with Crippen molar-refractivity contribution in [2.75, 3.05) is 13.6 Å². The zero-order valence-electron chi connectivity index (χ0n) is 10.6. The van der Waals surface area contributed by atoms with Gasteiger partial charge in [-0.05, 0) is 50.9 Å². The molecule has 2 aliphatic rings. The molecule has 2 rings (SSSR count). The molecule has 3 atom stereocenters. The molecule has 3 unspecified atom stereocenters. The summed E-state index contributed by atoms with van der Waals surface area (Å²) in [5.41, 5.74) is 0. The Labute approximate surface area is 98.1 Å². The first-order valence-electron chi connectivity index (χ1n) is 6.48. The normalized spacial score (nSPS) is 32.1. The van der Waals surface area contributed by atoms with Gasteiger partial charge in [0.1, 0.15) is 0 Å². The molecule has 0 aromatic heterocycles. The van der Waals surface area contributed by atoms with Gasteiger partial charge in [0.05, 0.1) is 6.10 Å². The first kappa shape index (κ1) is 11.7. The molecule has 3 nitrogen and oxygen atoms in total. The van der Waals surface area contributed by atoms with Gasteiger partial charge in [-0.1, -0.05) is 6.42 Å². The van der Waals surface area contributed by atoms with Crippen LogP contribution in [0, 0.1) is 17.8 Å². The van der Waals surface area contributed by atoms with Gasteiger partial charge in [0.15, 0.2) is 0 Å². The van der Waals surface area contributed by atoms with Gasteiger partial charge in [0.2, 0.25) is 0 Å². The van der Waals surface area contributed by atoms with Crippen LogP contribution in [0.1, 0.15) is 39.5 Å². The van der Waals surface area contributed by atoms with Crippen molar-refractivity contribution in [3.63, 3.8) is 0 Å². The van der Waals surface area contributed by atoms with Crippen molar-refractivity contribution in [3.8, 4) is 0 Å². The summed E-state index contributed by atoms with van der Waals surface area (Å²) in [6.45, 7) is 4.67. The predicted molar refractivity (Wildman–Crippen MR) is 63.2 cm³/mol. The fourth-order valence-corrected chi connectivity index (χ4v) is 3.32. The molecular formula is C13H23NO2. The third-order valence-electron chi connectivity index (χ3n) is 4.04. The highest BCUT2D eigenvalue weighted by Crippen LogP contribution is 2.48. The van der Waals surface area contributed by atoms with Crippen molar-refractivity contribution in [2.45, 2.75) is 45.6 Å². The summed E-state index contributed by atoms with van der Waals surface area (Å²) in [6.07, 6.45) is 5.33. The third-order valence-corrected chi connectivity index (χ3v) is 4.04. The molecule has 2 aliphatic carbocycles. The Hall–Kier alpha value is -0.730. The summed E-state index contributed by atoms with van der Waals surface area (Å²) in [5, 5.41) is 0. The molecular weight excluding hydrogens is 202 g/mol. The number of rotatable bonds is 3. The molecule has 2 bridgehead atoms. The summed E-state index contributed by atoms with van der Waals surface area (Å²) in [7, 11) is 1.86. The van der Waals surface area contributed by atoms with Crippen molar-refractivity contribution in [1.82, 2.24) is 4.90 Å². The van der Waals surface area contributed by atoms with Gasteiger partial charge < -0.3 is 9.64 Å². The molecule has 2 saturated carbocycles. The highest BCUT2D eigenvalue weighted by molar-refractivity contribution is 5.67. The van der Waals surface area contributed by atoms with E-state index >= 15 is 0 Å². The molecule has 2 fully saturated rings. The Morgan fingerprint density at radius 1 is 1.38 bits per heavy atom. The molecule has 0 aromatic carbocycles. The first-order valence-corrected chi connectivity index (χ1v) is 6.48. The van der Waals surface area contributed by atoms with E-state index in [1.807, 2.05) is 20.9 Å². The molecule has 0 spiro atoms. The fourth-order valence-electron chi connectivity index (χ4n) is 3.32. The van der Waals surface area contributed by atoms with Gasteiger partial charge in [-0.25, -0.2) is 4.79 Å². The molecule has 0 radical (unpaired) electrons. The second-order valence-corrected chi connectivity index (χ2v) is 5.75. The van der Waals surface area contributed by atoms with E-state index in [1.165, 1.54) is 25.7 Å². The van der Waals surface area contributed by atoms with E-state index in [-0.39, 0.29) is 12.2 Å². The van der Waals surface area contributed by atoms with Crippen LogP contribution in [-0.4, -0.2) is 30.7 Å². The molecule has 0 aromatic rings. The quantitative estimate of drug-likeness (QED) is 0.739. The van der Waals surface area contributed by atoms with Gasteiger partial charge in [-0.3, -0.25) is 0 Å². The summed E-state index contributed by atoms with van der Waals surface area (Å²) < 4.78 is 5.19. The van der Waals surface area contributed by atoms with Crippen molar-refractivity contribution in [2.24, 2.45) is 17.8 Å². The average Bonchev–Trinajstić information content (AvgIpc) is 2.77. The minimum absolute atomic E-state index is 0.0185. The topological polar surface area (TPSA) is 29.5 Å². The molecule has 92 valence electrons. The highest BCUT2D eigenvalue weighted by Gasteiger charge is 2.40. The molecule has 0 aliphatic heterocycles. The van der Waals surface area contributed by atoms with Gasteiger partial charge >= 0.3 is 6.09 Å². The SMILES string of the molecule is CC(C)OC(=O)N(C)CC1CC2CCC1C2. The minimum Gasteiger partial charge on any atom is -0.447 e. The van der Waals surface area contributed by atoms with E-state index < -0.39 is 0 Å². The number of hydrogen-bond acceptors (Lipinski definition) is 2. The Balaban J connectivity index is 1.79. The first-order chi connectivity index (χ1) is 7.56. The van der Waals surface area contributed by atoms with Crippen LogP contribution in [0.5, 0.6) is 0 Å². The monoisotopic (exact) mass is 225 g/mol. The number of amides is 1. The van der Waals surface area contributed by atoms with E-state index in [0.717, 1.165) is 24.3 Å². The maximum atomic E-state index is 11.7. The van der Waals surface area contributed by atoms with E-state index in [0.29, 0.717) is 0 Å². The van der Waals surface area contributed by atoms with Gasteiger partial charge in [0, 0.05) is 13.6 Å². The lowest BCUT2D eigenvalue weighted by atomic mass is 9.88. The van der Waals surface area contributed by atoms with E-state index in [2.05, 4.69) is 0 Å². The van der Waals surface area contributed by atoms with Gasteiger partial charge in [-0.2, -0.15) is 0 Å². The van der Waals surface area contributed by atoms with Gasteiger partial charge in [0.25, 0.3) is 0 Å². The number of carbonyl (C=O) groups is 1. The second kappa shape index (κ2) is 4.64. The smallest absolute Gasteiger partial charge is 0.409 e. The molecule has 0 saturated heterocycles. The van der Waals surface area contributed by atoms with Crippen LogP contribution in [0.4, 0.5) is 4.79 Å². The van der Waals surface area contributed by atoms with E-state index in [4.69, 9.17) is 4.74 Å². The fraction of sp³-hybridized carbons (Fsp3) is 0.923. The Kier molecular flexibility index (Phi) is 3.41. The summed E-state index contributed by atoms with van der Waals surface area (Å²) in [5.74, 6) is 2.55. The van der Waals surface area contributed by atoms with Crippen LogP contribution in [0.2, 0.25) is 0 Å². The Bertz CT molecular complexity index is 265.